The molecule has 1 aromatic rings. The highest BCUT2D eigenvalue weighted by atomic mass is 19.1. The van der Waals surface area contributed by atoms with E-state index in [0.717, 1.165) is 19.4 Å². The van der Waals surface area contributed by atoms with Crippen LogP contribution in [0.2, 0.25) is 0 Å². The average molecular weight is 334 g/mol. The molecule has 2 heterocycles. The van der Waals surface area contributed by atoms with Crippen LogP contribution in [0.15, 0.2) is 24.3 Å². The number of piperidine rings is 1. The number of rotatable bonds is 4. The van der Waals surface area contributed by atoms with E-state index in [1.807, 2.05) is 0 Å². The molecular formula is C18H23FN2O3. The van der Waals surface area contributed by atoms with E-state index in [1.54, 1.807) is 24.1 Å². The highest BCUT2D eigenvalue weighted by Gasteiger charge is 2.39. The fraction of sp³-hybridized carbons (Fsp3) is 0.556. The molecule has 3 atom stereocenters. The van der Waals surface area contributed by atoms with E-state index in [2.05, 4.69) is 5.32 Å². The molecule has 0 bridgehead atoms. The highest BCUT2D eigenvalue weighted by molar-refractivity contribution is 5.84. The zero-order valence-corrected chi connectivity index (χ0v) is 13.8. The van der Waals surface area contributed by atoms with Gasteiger partial charge in [0, 0.05) is 26.6 Å². The second-order valence-electron chi connectivity index (χ2n) is 6.53. The van der Waals surface area contributed by atoms with Crippen molar-refractivity contribution >= 4 is 11.8 Å². The van der Waals surface area contributed by atoms with E-state index in [-0.39, 0.29) is 29.7 Å². The standard InChI is InChI=1S/C18H23FN2O3/c1-21-16(22)8-7-15(17(21)12-4-2-5-13(19)10-12)18(23)20-11-14-6-3-9-24-14/h2,4-5,10,14-15,17H,3,6-9,11H2,1H3,(H,20,23)/t14-,15+,17+/m1/s1. The second-order valence-corrected chi connectivity index (χ2v) is 6.53. The molecule has 2 fully saturated rings. The summed E-state index contributed by atoms with van der Waals surface area (Å²) in [7, 11) is 1.68. The number of likely N-dealkylation sites (tertiary alicyclic amines) is 1. The quantitative estimate of drug-likeness (QED) is 0.917. The number of benzene rings is 1. The summed E-state index contributed by atoms with van der Waals surface area (Å²) < 4.78 is 19.1. The molecule has 2 aliphatic rings. The highest BCUT2D eigenvalue weighted by Crippen LogP contribution is 2.36. The summed E-state index contributed by atoms with van der Waals surface area (Å²) >= 11 is 0. The summed E-state index contributed by atoms with van der Waals surface area (Å²) in [4.78, 5) is 26.3. The van der Waals surface area contributed by atoms with Crippen molar-refractivity contribution in [1.29, 1.82) is 0 Å². The van der Waals surface area contributed by atoms with E-state index in [1.165, 1.54) is 12.1 Å². The van der Waals surface area contributed by atoms with Gasteiger partial charge < -0.3 is 15.0 Å². The lowest BCUT2D eigenvalue weighted by Crippen LogP contribution is -2.47. The zero-order valence-electron chi connectivity index (χ0n) is 13.8. The number of carbonyl (C=O) groups excluding carboxylic acids is 2. The number of ether oxygens (including phenoxy) is 1. The van der Waals surface area contributed by atoms with Crippen LogP contribution in [0.5, 0.6) is 0 Å². The number of hydrogen-bond acceptors (Lipinski definition) is 3. The van der Waals surface area contributed by atoms with Crippen LogP contribution in [0, 0.1) is 11.7 Å². The first kappa shape index (κ1) is 16.9. The van der Waals surface area contributed by atoms with Gasteiger partial charge in [-0.1, -0.05) is 12.1 Å². The molecule has 2 saturated heterocycles. The Morgan fingerprint density at radius 3 is 2.96 bits per heavy atom. The molecule has 0 aliphatic carbocycles. The number of nitrogens with zero attached hydrogens (tertiary/aromatic N) is 1. The molecule has 5 nitrogen and oxygen atoms in total. The van der Waals surface area contributed by atoms with Gasteiger partial charge in [0.2, 0.25) is 11.8 Å². The molecule has 3 rings (SSSR count). The summed E-state index contributed by atoms with van der Waals surface area (Å²) in [6.07, 6.45) is 2.86. The van der Waals surface area contributed by atoms with Crippen molar-refractivity contribution in [2.45, 2.75) is 37.8 Å². The van der Waals surface area contributed by atoms with Crippen molar-refractivity contribution < 1.29 is 18.7 Å². The summed E-state index contributed by atoms with van der Waals surface area (Å²) in [6, 6.07) is 5.70. The number of nitrogens with one attached hydrogen (secondary N) is 1. The van der Waals surface area contributed by atoms with Crippen LogP contribution in [-0.4, -0.2) is 43.0 Å². The largest absolute Gasteiger partial charge is 0.376 e. The van der Waals surface area contributed by atoms with Gasteiger partial charge in [0.15, 0.2) is 0 Å². The third kappa shape index (κ3) is 3.59. The third-order valence-corrected chi connectivity index (χ3v) is 4.92. The van der Waals surface area contributed by atoms with Crippen LogP contribution in [0.4, 0.5) is 4.39 Å². The van der Waals surface area contributed by atoms with Crippen molar-refractivity contribution in [3.8, 4) is 0 Å². The van der Waals surface area contributed by atoms with Crippen LogP contribution in [-0.2, 0) is 14.3 Å². The van der Waals surface area contributed by atoms with Gasteiger partial charge in [-0.25, -0.2) is 4.39 Å². The first-order valence-electron chi connectivity index (χ1n) is 8.46. The molecule has 130 valence electrons. The van der Waals surface area contributed by atoms with Crippen LogP contribution in [0.3, 0.4) is 0 Å². The monoisotopic (exact) mass is 334 g/mol. The predicted molar refractivity (Wildman–Crippen MR) is 86.6 cm³/mol. The number of carbonyl (C=O) groups is 2. The molecule has 1 N–H and O–H groups in total. The minimum Gasteiger partial charge on any atom is -0.376 e. The third-order valence-electron chi connectivity index (χ3n) is 4.92. The van der Waals surface area contributed by atoms with Crippen molar-refractivity contribution in [2.24, 2.45) is 5.92 Å². The molecule has 2 amide bonds. The molecule has 0 aromatic heterocycles. The topological polar surface area (TPSA) is 58.6 Å². The van der Waals surface area contributed by atoms with Gasteiger partial charge in [0.1, 0.15) is 5.82 Å². The molecule has 0 saturated carbocycles. The molecule has 0 unspecified atom stereocenters. The maximum atomic E-state index is 13.6. The van der Waals surface area contributed by atoms with Gasteiger partial charge in [-0.3, -0.25) is 9.59 Å². The Kier molecular flexibility index (Phi) is 5.14. The van der Waals surface area contributed by atoms with Crippen LogP contribution < -0.4 is 5.32 Å². The zero-order chi connectivity index (χ0) is 17.1. The van der Waals surface area contributed by atoms with Gasteiger partial charge in [-0.05, 0) is 37.0 Å². The van der Waals surface area contributed by atoms with Crippen molar-refractivity contribution in [3.63, 3.8) is 0 Å². The van der Waals surface area contributed by atoms with Gasteiger partial charge in [-0.2, -0.15) is 0 Å². The molecule has 6 heteroatoms. The Hall–Kier alpha value is -1.95. The lowest BCUT2D eigenvalue weighted by molar-refractivity contribution is -0.141. The second kappa shape index (κ2) is 7.30. The van der Waals surface area contributed by atoms with E-state index >= 15 is 0 Å². The normalized spacial score (nSPS) is 27.3. The summed E-state index contributed by atoms with van der Waals surface area (Å²) in [6.45, 7) is 1.23. The van der Waals surface area contributed by atoms with Crippen molar-refractivity contribution in [1.82, 2.24) is 10.2 Å². The minimum absolute atomic E-state index is 0.0209. The van der Waals surface area contributed by atoms with Crippen LogP contribution >= 0.6 is 0 Å². The van der Waals surface area contributed by atoms with Crippen molar-refractivity contribution in [3.05, 3.63) is 35.6 Å². The number of amides is 2. The SMILES string of the molecule is CN1C(=O)CC[C@H](C(=O)NC[C@H]2CCCO2)[C@@H]1c1cccc(F)c1. The predicted octanol–water partition coefficient (Wildman–Crippen LogP) is 2.03. The fourth-order valence-electron chi connectivity index (χ4n) is 3.61. The minimum atomic E-state index is -0.438. The maximum absolute atomic E-state index is 13.6. The van der Waals surface area contributed by atoms with Crippen molar-refractivity contribution in [2.75, 3.05) is 20.2 Å². The molecule has 0 spiro atoms. The summed E-state index contributed by atoms with van der Waals surface area (Å²) in [5.74, 6) is -0.861. The van der Waals surface area contributed by atoms with E-state index in [4.69, 9.17) is 4.74 Å². The average Bonchev–Trinajstić information content (AvgIpc) is 3.08. The first-order chi connectivity index (χ1) is 11.6. The molecule has 1 aromatic carbocycles. The lowest BCUT2D eigenvalue weighted by atomic mass is 9.84. The Labute approximate surface area is 141 Å². The maximum Gasteiger partial charge on any atom is 0.225 e. The summed E-state index contributed by atoms with van der Waals surface area (Å²) in [5.41, 5.74) is 0.655. The Morgan fingerprint density at radius 1 is 1.42 bits per heavy atom. The summed E-state index contributed by atoms with van der Waals surface area (Å²) in [5, 5.41) is 2.95. The lowest BCUT2D eigenvalue weighted by Gasteiger charge is -2.38. The fourth-order valence-corrected chi connectivity index (χ4v) is 3.61. The van der Waals surface area contributed by atoms with Gasteiger partial charge in [-0.15, -0.1) is 0 Å². The van der Waals surface area contributed by atoms with Crippen LogP contribution in [0.25, 0.3) is 0 Å². The van der Waals surface area contributed by atoms with Gasteiger partial charge in [0.25, 0.3) is 0 Å². The van der Waals surface area contributed by atoms with Gasteiger partial charge in [0.05, 0.1) is 18.1 Å². The number of hydrogen-bond donors (Lipinski definition) is 1. The van der Waals surface area contributed by atoms with E-state index in [9.17, 15) is 14.0 Å². The molecule has 0 radical (unpaired) electrons. The van der Waals surface area contributed by atoms with E-state index in [0.29, 0.717) is 24.9 Å². The Morgan fingerprint density at radius 2 is 2.25 bits per heavy atom. The molecular weight excluding hydrogens is 311 g/mol. The van der Waals surface area contributed by atoms with E-state index < -0.39 is 6.04 Å². The molecule has 24 heavy (non-hydrogen) atoms. The van der Waals surface area contributed by atoms with Gasteiger partial charge >= 0.3 is 0 Å². The van der Waals surface area contributed by atoms with Crippen LogP contribution in [0.1, 0.15) is 37.3 Å². The smallest absolute Gasteiger partial charge is 0.225 e. The first-order valence-corrected chi connectivity index (χ1v) is 8.46. The number of halogens is 1. The molecule has 2 aliphatic heterocycles. The Balaban J connectivity index is 1.75. The Bertz CT molecular complexity index is 616.